The van der Waals surface area contributed by atoms with Crippen LogP contribution in [0.5, 0.6) is 11.5 Å². The Hall–Kier alpha value is -8.03. The molecule has 334 valence electrons. The largest absolute Gasteiger partial charge is 0.457 e. The van der Waals surface area contributed by atoms with Crippen molar-refractivity contribution in [2.75, 3.05) is 16.5 Å². The molecule has 8 aromatic carbocycles. The summed E-state index contributed by atoms with van der Waals surface area (Å²) >= 11 is 0. The highest BCUT2D eigenvalue weighted by atomic mass is 19.1. The van der Waals surface area contributed by atoms with Gasteiger partial charge in [-0.2, -0.15) is 0 Å². The molecule has 0 spiro atoms. The van der Waals surface area contributed by atoms with E-state index in [4.69, 9.17) is 9.72 Å². The number of hydrogen-bond donors (Lipinski definition) is 0. The van der Waals surface area contributed by atoms with Gasteiger partial charge < -0.3 is 14.5 Å². The second-order valence-electron chi connectivity index (χ2n) is 19.0. The van der Waals surface area contributed by atoms with Gasteiger partial charge in [-0.3, -0.25) is 4.57 Å². The van der Waals surface area contributed by atoms with Crippen LogP contribution in [0, 0.1) is 11.6 Å². The van der Waals surface area contributed by atoms with E-state index >= 15 is 8.78 Å². The summed E-state index contributed by atoms with van der Waals surface area (Å²) in [6.45, 7) is 11.5. The zero-order valence-electron chi connectivity index (χ0n) is 38.7. The van der Waals surface area contributed by atoms with E-state index < -0.39 is 11.6 Å². The van der Waals surface area contributed by atoms with Crippen LogP contribution in [0.3, 0.4) is 0 Å². The Kier molecular flexibility index (Phi) is 10.6. The second kappa shape index (κ2) is 17.0. The van der Waals surface area contributed by atoms with Crippen LogP contribution < -0.4 is 14.5 Å². The summed E-state index contributed by atoms with van der Waals surface area (Å²) in [6.07, 6.45) is 1.90. The Morgan fingerprint density at radius 2 is 1.18 bits per heavy atom. The molecule has 1 aliphatic heterocycles. The van der Waals surface area contributed by atoms with E-state index in [0.717, 1.165) is 84.3 Å². The SMILES string of the molecule is CC(C)c1ccccc1-c1cc(Oc2ccc3c4ccccc4n(-c4cc(C(C)(C)C)ccn4)c3c2)cc(N2CN(c3c(-c4ccccc4)cccc3-c3cc(F)cc(F)c3)c3ccccc32)c1. The van der Waals surface area contributed by atoms with Crippen molar-refractivity contribution in [3.63, 3.8) is 0 Å². The minimum atomic E-state index is -0.627. The fourth-order valence-corrected chi connectivity index (χ4v) is 9.87. The van der Waals surface area contributed by atoms with Gasteiger partial charge in [0.25, 0.3) is 0 Å². The predicted molar refractivity (Wildman–Crippen MR) is 276 cm³/mol. The molecule has 0 amide bonds. The molecule has 7 heteroatoms. The van der Waals surface area contributed by atoms with Crippen molar-refractivity contribution in [1.29, 1.82) is 0 Å². The van der Waals surface area contributed by atoms with E-state index in [-0.39, 0.29) is 11.3 Å². The van der Waals surface area contributed by atoms with Gasteiger partial charge in [-0.15, -0.1) is 0 Å². The smallest absolute Gasteiger partial charge is 0.137 e. The minimum absolute atomic E-state index is 0.0528. The van der Waals surface area contributed by atoms with Gasteiger partial charge in [0, 0.05) is 52.0 Å². The lowest BCUT2D eigenvalue weighted by molar-refractivity contribution is 0.483. The Bertz CT molecular complexity index is 3510. The first-order chi connectivity index (χ1) is 33.0. The number of benzene rings is 8. The van der Waals surface area contributed by atoms with Gasteiger partial charge >= 0.3 is 0 Å². The normalized spacial score (nSPS) is 12.6. The standard InChI is InChI=1S/C61H50F2N4O/c1-39(2)49-18-9-10-19-50(49)42-32-46(36-48(33-42)68-47-26-27-54-53-20-11-12-23-55(53)67(58(54)37-47)59-34-43(28-29-64-59)61(3,4)5)65-38-66(57-25-14-13-24-56(57)65)60-51(40-16-7-6-8-17-40)21-15-22-52(60)41-30-44(62)35-45(63)31-41/h6-37,39H,38H2,1-5H3. The molecule has 0 saturated heterocycles. The van der Waals surface area contributed by atoms with Crippen LogP contribution in [-0.2, 0) is 5.41 Å². The maximum absolute atomic E-state index is 15.0. The van der Waals surface area contributed by atoms with Crippen LogP contribution in [0.2, 0.25) is 0 Å². The molecular formula is C61H50F2N4O. The summed E-state index contributed by atoms with van der Waals surface area (Å²) < 4.78 is 39.3. The molecule has 5 nitrogen and oxygen atoms in total. The van der Waals surface area contributed by atoms with Crippen LogP contribution in [0.25, 0.3) is 61.0 Å². The Morgan fingerprint density at radius 3 is 1.94 bits per heavy atom. The molecule has 0 fully saturated rings. The zero-order chi connectivity index (χ0) is 46.7. The molecule has 0 saturated carbocycles. The third-order valence-corrected chi connectivity index (χ3v) is 13.1. The number of ether oxygens (including phenoxy) is 1. The van der Waals surface area contributed by atoms with Gasteiger partial charge in [-0.1, -0.05) is 138 Å². The van der Waals surface area contributed by atoms with Crippen molar-refractivity contribution in [2.45, 2.75) is 46.0 Å². The summed E-state index contributed by atoms with van der Waals surface area (Å²) in [7, 11) is 0. The highest BCUT2D eigenvalue weighted by Gasteiger charge is 2.32. The van der Waals surface area contributed by atoms with Crippen molar-refractivity contribution in [3.8, 4) is 50.7 Å². The van der Waals surface area contributed by atoms with Gasteiger partial charge in [0.05, 0.1) is 28.1 Å². The highest BCUT2D eigenvalue weighted by molar-refractivity contribution is 6.09. The molecule has 11 rings (SSSR count). The molecule has 10 aromatic rings. The number of para-hydroxylation sites is 4. The molecule has 0 atom stereocenters. The van der Waals surface area contributed by atoms with E-state index in [1.165, 1.54) is 23.3 Å². The first kappa shape index (κ1) is 42.6. The van der Waals surface area contributed by atoms with Crippen molar-refractivity contribution < 1.29 is 13.5 Å². The lowest BCUT2D eigenvalue weighted by Gasteiger charge is -2.27. The first-order valence-electron chi connectivity index (χ1n) is 23.2. The van der Waals surface area contributed by atoms with E-state index in [2.05, 4.69) is 182 Å². The lowest BCUT2D eigenvalue weighted by Crippen LogP contribution is -2.25. The second-order valence-corrected chi connectivity index (χ2v) is 19.0. The third-order valence-electron chi connectivity index (χ3n) is 13.1. The molecule has 3 heterocycles. The number of pyridine rings is 1. The fraction of sp³-hybridized carbons (Fsp3) is 0.131. The number of nitrogens with zero attached hydrogens (tertiary/aromatic N) is 4. The molecule has 0 aliphatic carbocycles. The molecule has 2 aromatic heterocycles. The van der Waals surface area contributed by atoms with Crippen molar-refractivity contribution in [1.82, 2.24) is 9.55 Å². The predicted octanol–water partition coefficient (Wildman–Crippen LogP) is 16.9. The monoisotopic (exact) mass is 892 g/mol. The number of fused-ring (bicyclic) bond motifs is 4. The summed E-state index contributed by atoms with van der Waals surface area (Å²) in [4.78, 5) is 9.48. The molecule has 0 N–H and O–H groups in total. The van der Waals surface area contributed by atoms with E-state index in [0.29, 0.717) is 23.7 Å². The lowest BCUT2D eigenvalue weighted by atomic mass is 9.88. The number of anilines is 4. The molecule has 1 aliphatic rings. The summed E-state index contributed by atoms with van der Waals surface area (Å²) in [6, 6.07) is 62.4. The van der Waals surface area contributed by atoms with Crippen LogP contribution in [0.4, 0.5) is 31.5 Å². The van der Waals surface area contributed by atoms with Crippen molar-refractivity contribution in [2.24, 2.45) is 0 Å². The van der Waals surface area contributed by atoms with Crippen LogP contribution in [0.15, 0.2) is 194 Å². The zero-order valence-corrected chi connectivity index (χ0v) is 38.7. The Balaban J connectivity index is 1.07. The van der Waals surface area contributed by atoms with E-state index in [9.17, 15) is 0 Å². The third kappa shape index (κ3) is 7.73. The average Bonchev–Trinajstić information content (AvgIpc) is 3.89. The number of hydrogen-bond acceptors (Lipinski definition) is 4. The van der Waals surface area contributed by atoms with Gasteiger partial charge in [-0.05, 0) is 111 Å². The molecule has 68 heavy (non-hydrogen) atoms. The summed E-state index contributed by atoms with van der Waals surface area (Å²) in [5, 5.41) is 2.25. The minimum Gasteiger partial charge on any atom is -0.457 e. The number of rotatable bonds is 9. The molecule has 0 radical (unpaired) electrons. The van der Waals surface area contributed by atoms with E-state index in [1.54, 1.807) is 0 Å². The first-order valence-corrected chi connectivity index (χ1v) is 23.2. The van der Waals surface area contributed by atoms with Crippen LogP contribution >= 0.6 is 0 Å². The van der Waals surface area contributed by atoms with E-state index in [1.807, 2.05) is 42.6 Å². The molecule has 0 bridgehead atoms. The van der Waals surface area contributed by atoms with Gasteiger partial charge in [0.1, 0.15) is 35.6 Å². The summed E-state index contributed by atoms with van der Waals surface area (Å²) in [5.41, 5.74) is 13.5. The maximum Gasteiger partial charge on any atom is 0.137 e. The quantitative estimate of drug-likeness (QED) is 0.145. The number of aromatic nitrogens is 2. The van der Waals surface area contributed by atoms with Crippen LogP contribution in [0.1, 0.15) is 51.7 Å². The van der Waals surface area contributed by atoms with Crippen molar-refractivity contribution >= 4 is 44.6 Å². The highest BCUT2D eigenvalue weighted by Crippen LogP contribution is 2.51. The van der Waals surface area contributed by atoms with Gasteiger partial charge in [0.15, 0.2) is 0 Å². The van der Waals surface area contributed by atoms with Crippen LogP contribution in [-0.4, -0.2) is 16.2 Å². The summed E-state index contributed by atoms with van der Waals surface area (Å²) in [5.74, 6) is 1.25. The number of halogens is 2. The topological polar surface area (TPSA) is 33.5 Å². The Labute approximate surface area is 396 Å². The van der Waals surface area contributed by atoms with Crippen molar-refractivity contribution in [3.05, 3.63) is 217 Å². The van der Waals surface area contributed by atoms with Gasteiger partial charge in [0.2, 0.25) is 0 Å². The maximum atomic E-state index is 15.0. The Morgan fingerprint density at radius 1 is 0.529 bits per heavy atom. The molecule has 0 unspecified atom stereocenters. The molecular weight excluding hydrogens is 843 g/mol. The average molecular weight is 893 g/mol. The fourth-order valence-electron chi connectivity index (χ4n) is 9.87. The van der Waals surface area contributed by atoms with Gasteiger partial charge in [-0.25, -0.2) is 13.8 Å².